The number of nitrogens with two attached hydrogens (primary N) is 1. The molecule has 4 saturated carbocycles. The lowest BCUT2D eigenvalue weighted by Gasteiger charge is -2.55. The molecule has 4 aliphatic carbocycles. The number of aliphatic hydroxyl groups excluding tert-OH is 2. The Bertz CT molecular complexity index is 1430. The molecule has 1 aromatic carbocycles. The zero-order chi connectivity index (χ0) is 32.4. The van der Waals surface area contributed by atoms with Gasteiger partial charge in [-0.25, -0.2) is 27.1 Å². The standard InChI is InChI=1S/C22H28FN3O6S.C10H17N/c1-13(2)20-18(10-9-16(27)11-17(28)12-19(29)30)21(14-5-7-15(23)8-6-14)25-22(24-20)26(3)33(4,31)32;11-10-4-7-1-8(5-10)3-9(2-7)6-10/h5-10,13,16-17,27-28H,11-12H2,1-4H3,(H,29,30);7-9H,1-6,11H2/b10-9+;/t16-,17-;/m1./s1. The fourth-order valence-electron chi connectivity index (χ4n) is 7.22. The first-order chi connectivity index (χ1) is 20.5. The van der Waals surface area contributed by atoms with Gasteiger partial charge in [0.25, 0.3) is 0 Å². The molecule has 0 amide bonds. The van der Waals surface area contributed by atoms with Crippen LogP contribution in [0.15, 0.2) is 30.3 Å². The van der Waals surface area contributed by atoms with E-state index in [0.29, 0.717) is 28.1 Å². The molecule has 2 atom stereocenters. The van der Waals surface area contributed by atoms with E-state index in [2.05, 4.69) is 9.97 Å². The number of hydrogen-bond acceptors (Lipinski definition) is 8. The number of nitrogens with zero attached hydrogens (tertiary/aromatic N) is 3. The maximum absolute atomic E-state index is 13.5. The van der Waals surface area contributed by atoms with E-state index in [-0.39, 0.29) is 18.3 Å². The SMILES string of the molecule is CC(C)c1nc(N(C)S(C)(=O)=O)nc(-c2ccc(F)cc2)c1/C=C/[C@@H](O)C[C@@H](O)CC(=O)O.NC12CC3CC(CC(C3)C1)C2. The summed E-state index contributed by atoms with van der Waals surface area (Å²) in [7, 11) is -2.33. The first-order valence-corrected chi connectivity index (χ1v) is 17.0. The molecular formula is C32H45FN4O6S. The third-order valence-corrected chi connectivity index (χ3v) is 10.1. The smallest absolute Gasteiger partial charge is 0.305 e. The summed E-state index contributed by atoms with van der Waals surface area (Å²) in [6.07, 6.45) is 9.43. The van der Waals surface area contributed by atoms with Gasteiger partial charge >= 0.3 is 5.97 Å². The number of halogens is 1. The third-order valence-electron chi connectivity index (χ3n) is 8.90. The maximum Gasteiger partial charge on any atom is 0.305 e. The van der Waals surface area contributed by atoms with Gasteiger partial charge in [0.05, 0.1) is 36.3 Å². The Morgan fingerprint density at radius 2 is 1.64 bits per heavy atom. The van der Waals surface area contributed by atoms with Gasteiger partial charge in [-0.2, -0.15) is 0 Å². The van der Waals surface area contributed by atoms with Crippen molar-refractivity contribution in [1.29, 1.82) is 0 Å². The van der Waals surface area contributed by atoms with E-state index in [1.54, 1.807) is 0 Å². The maximum atomic E-state index is 13.5. The molecule has 10 nitrogen and oxygen atoms in total. The molecule has 0 aliphatic heterocycles. The van der Waals surface area contributed by atoms with Crippen molar-refractivity contribution >= 4 is 28.0 Å². The van der Waals surface area contributed by atoms with Gasteiger partial charge in [0.1, 0.15) is 5.82 Å². The molecule has 242 valence electrons. The van der Waals surface area contributed by atoms with Crippen LogP contribution in [0.3, 0.4) is 0 Å². The zero-order valence-electron chi connectivity index (χ0n) is 25.9. The number of aromatic nitrogens is 2. The average Bonchev–Trinajstić information content (AvgIpc) is 2.89. The highest BCUT2D eigenvalue weighted by Crippen LogP contribution is 2.54. The van der Waals surface area contributed by atoms with E-state index >= 15 is 0 Å². The van der Waals surface area contributed by atoms with Crippen LogP contribution in [0.4, 0.5) is 10.3 Å². The van der Waals surface area contributed by atoms with Crippen LogP contribution in [0, 0.1) is 23.6 Å². The van der Waals surface area contributed by atoms with Crippen LogP contribution in [0.1, 0.15) is 82.4 Å². The number of carboxylic acid groups (broad SMARTS) is 1. The van der Waals surface area contributed by atoms with E-state index in [0.717, 1.165) is 28.3 Å². The first-order valence-electron chi connectivity index (χ1n) is 15.2. The van der Waals surface area contributed by atoms with E-state index in [9.17, 15) is 27.8 Å². The monoisotopic (exact) mass is 632 g/mol. The summed E-state index contributed by atoms with van der Waals surface area (Å²) in [5.41, 5.74) is 8.42. The highest BCUT2D eigenvalue weighted by atomic mass is 32.2. The van der Waals surface area contributed by atoms with Crippen LogP contribution in [0.5, 0.6) is 0 Å². The minimum atomic E-state index is -3.65. The number of hydrogen-bond donors (Lipinski definition) is 4. The minimum absolute atomic E-state index is 0.0601. The van der Waals surface area contributed by atoms with Crippen molar-refractivity contribution in [3.05, 3.63) is 47.4 Å². The predicted molar refractivity (Wildman–Crippen MR) is 168 cm³/mol. The highest BCUT2D eigenvalue weighted by Gasteiger charge is 2.48. The van der Waals surface area contributed by atoms with E-state index in [1.807, 2.05) is 13.8 Å². The first kappa shape index (κ1) is 34.0. The van der Waals surface area contributed by atoms with Crippen molar-refractivity contribution in [2.24, 2.45) is 23.5 Å². The molecule has 0 spiro atoms. The van der Waals surface area contributed by atoms with Crippen LogP contribution in [-0.2, 0) is 14.8 Å². The van der Waals surface area contributed by atoms with E-state index in [1.165, 1.54) is 82.0 Å². The lowest BCUT2D eigenvalue weighted by atomic mass is 9.53. The molecule has 0 saturated heterocycles. The number of rotatable bonds is 10. The normalized spacial score (nSPS) is 25.5. The number of aliphatic hydroxyl groups is 2. The Morgan fingerprint density at radius 3 is 2.09 bits per heavy atom. The van der Waals surface area contributed by atoms with Crippen LogP contribution >= 0.6 is 0 Å². The lowest BCUT2D eigenvalue weighted by Crippen LogP contribution is -2.55. The molecule has 12 heteroatoms. The Balaban J connectivity index is 0.000000328. The summed E-state index contributed by atoms with van der Waals surface area (Å²) in [4.78, 5) is 19.6. The average molecular weight is 633 g/mol. The Hall–Kier alpha value is -2.93. The largest absolute Gasteiger partial charge is 0.481 e. The fraction of sp³-hybridized carbons (Fsp3) is 0.594. The van der Waals surface area contributed by atoms with Crippen molar-refractivity contribution in [1.82, 2.24) is 9.97 Å². The molecule has 4 fully saturated rings. The van der Waals surface area contributed by atoms with Gasteiger partial charge in [0.2, 0.25) is 16.0 Å². The van der Waals surface area contributed by atoms with Crippen LogP contribution < -0.4 is 10.0 Å². The summed E-state index contributed by atoms with van der Waals surface area (Å²) >= 11 is 0. The van der Waals surface area contributed by atoms with Gasteiger partial charge in [0, 0.05) is 30.1 Å². The number of sulfonamides is 1. The summed E-state index contributed by atoms with van der Waals surface area (Å²) in [6, 6.07) is 5.49. The molecule has 1 aromatic heterocycles. The van der Waals surface area contributed by atoms with Crippen molar-refractivity contribution in [3.63, 3.8) is 0 Å². The fourth-order valence-corrected chi connectivity index (χ4v) is 7.60. The van der Waals surface area contributed by atoms with Gasteiger partial charge in [-0.3, -0.25) is 4.79 Å². The number of benzene rings is 1. The van der Waals surface area contributed by atoms with E-state index in [4.69, 9.17) is 10.8 Å². The van der Waals surface area contributed by atoms with Crippen LogP contribution in [0.2, 0.25) is 0 Å². The second-order valence-electron chi connectivity index (χ2n) is 13.3. The molecule has 2 aromatic rings. The Labute approximate surface area is 259 Å². The predicted octanol–water partition coefficient (Wildman–Crippen LogP) is 4.32. The molecule has 4 bridgehead atoms. The van der Waals surface area contributed by atoms with Gasteiger partial charge in [-0.05, 0) is 86.5 Å². The van der Waals surface area contributed by atoms with Gasteiger partial charge in [-0.15, -0.1) is 0 Å². The van der Waals surface area contributed by atoms with Crippen LogP contribution in [0.25, 0.3) is 17.3 Å². The second kappa shape index (κ2) is 13.6. The molecular weight excluding hydrogens is 587 g/mol. The highest BCUT2D eigenvalue weighted by molar-refractivity contribution is 7.92. The second-order valence-corrected chi connectivity index (χ2v) is 15.3. The van der Waals surface area contributed by atoms with Gasteiger partial charge < -0.3 is 21.1 Å². The molecule has 1 heterocycles. The minimum Gasteiger partial charge on any atom is -0.481 e. The zero-order valence-corrected chi connectivity index (χ0v) is 26.7. The quantitative estimate of drug-likeness (QED) is 0.298. The number of anilines is 1. The van der Waals surface area contributed by atoms with Crippen molar-refractivity contribution in [2.45, 2.75) is 88.9 Å². The Kier molecular flexibility index (Phi) is 10.5. The number of carbonyl (C=O) groups is 1. The molecule has 44 heavy (non-hydrogen) atoms. The lowest BCUT2D eigenvalue weighted by molar-refractivity contribution is -0.139. The summed E-state index contributed by atoms with van der Waals surface area (Å²) < 4.78 is 38.6. The molecule has 0 radical (unpaired) electrons. The molecule has 6 rings (SSSR count). The van der Waals surface area contributed by atoms with Gasteiger partial charge in [-0.1, -0.05) is 26.0 Å². The number of aliphatic carboxylic acids is 1. The van der Waals surface area contributed by atoms with Crippen molar-refractivity contribution in [3.8, 4) is 11.3 Å². The Morgan fingerprint density at radius 1 is 1.09 bits per heavy atom. The van der Waals surface area contributed by atoms with Crippen molar-refractivity contribution < 1.29 is 32.9 Å². The third kappa shape index (κ3) is 8.62. The van der Waals surface area contributed by atoms with E-state index < -0.39 is 40.4 Å². The van der Waals surface area contributed by atoms with Gasteiger partial charge in [0.15, 0.2) is 0 Å². The van der Waals surface area contributed by atoms with Crippen molar-refractivity contribution in [2.75, 3.05) is 17.6 Å². The molecule has 5 N–H and O–H groups in total. The number of carboxylic acids is 1. The van der Waals surface area contributed by atoms with Crippen LogP contribution in [-0.4, -0.2) is 70.7 Å². The molecule has 4 aliphatic rings. The topological polar surface area (TPSA) is 167 Å². The summed E-state index contributed by atoms with van der Waals surface area (Å²) in [6.45, 7) is 3.71. The summed E-state index contributed by atoms with van der Waals surface area (Å²) in [5.74, 6) is 1.19. The summed E-state index contributed by atoms with van der Waals surface area (Å²) in [5, 5.41) is 28.8. The molecule has 0 unspecified atom stereocenters.